The molecule has 0 aromatic heterocycles. The van der Waals surface area contributed by atoms with Crippen molar-refractivity contribution >= 4 is 49.7 Å². The van der Waals surface area contributed by atoms with Crippen molar-refractivity contribution in [2.75, 3.05) is 0 Å². The summed E-state index contributed by atoms with van der Waals surface area (Å²) in [6.45, 7) is 6.91. The molecule has 14 heavy (non-hydrogen) atoms. The van der Waals surface area contributed by atoms with Crippen LogP contribution in [-0.2, 0) is 19.1 Å². The van der Waals surface area contributed by atoms with Gasteiger partial charge in [-0.25, -0.2) is 0 Å². The van der Waals surface area contributed by atoms with Gasteiger partial charge in [-0.15, -0.1) is 0 Å². The number of carbonyl (C=O) groups is 2. The Morgan fingerprint density at radius 1 is 0.929 bits per heavy atom. The molecule has 0 radical (unpaired) electrons. The fourth-order valence-electron chi connectivity index (χ4n) is 0.727. The Labute approximate surface area is 114 Å². The molecule has 0 rings (SSSR count). The number of rotatable bonds is 4. The molecule has 0 aromatic carbocycles. The predicted molar refractivity (Wildman–Crippen MR) is 55.6 cm³/mol. The summed E-state index contributed by atoms with van der Waals surface area (Å²) in [6.07, 6.45) is -0.699. The maximum absolute atomic E-state index is 10.9. The average Bonchev–Trinajstić information content (AvgIpc) is 1.80. The molecule has 4 nitrogen and oxygen atoms in total. The van der Waals surface area contributed by atoms with E-state index in [2.05, 4.69) is 0 Å². The van der Waals surface area contributed by atoms with Gasteiger partial charge in [-0.3, -0.25) is 9.59 Å². The maximum atomic E-state index is 10.9. The first-order chi connectivity index (χ1) is 5.91. The third-order valence-electron chi connectivity index (χ3n) is 1.02. The second-order valence-corrected chi connectivity index (χ2v) is 3.25. The van der Waals surface area contributed by atoms with Crippen LogP contribution in [-0.4, -0.2) is 61.9 Å². The Morgan fingerprint density at radius 3 is 1.43 bits per heavy atom. The Kier molecular flexibility index (Phi) is 10.1. The van der Waals surface area contributed by atoms with Crippen LogP contribution in [0.1, 0.15) is 34.1 Å². The van der Waals surface area contributed by atoms with Crippen LogP contribution >= 0.6 is 0 Å². The summed E-state index contributed by atoms with van der Waals surface area (Å²) in [5.74, 6) is -1.08. The quantitative estimate of drug-likeness (QED) is 0.397. The summed E-state index contributed by atoms with van der Waals surface area (Å²) in [5, 5.41) is 0. The van der Waals surface area contributed by atoms with Crippen molar-refractivity contribution in [1.29, 1.82) is 0 Å². The summed E-state index contributed by atoms with van der Waals surface area (Å²) in [4.78, 5) is 21.8. The van der Waals surface area contributed by atoms with Gasteiger partial charge in [0.15, 0.2) is 0 Å². The van der Waals surface area contributed by atoms with Gasteiger partial charge in [0.2, 0.25) is 0 Å². The molecule has 0 aliphatic heterocycles. The van der Waals surface area contributed by atoms with Gasteiger partial charge in [-0.1, -0.05) is 0 Å². The molecule has 0 heterocycles. The molecular weight excluding hydrogens is 212 g/mol. The van der Waals surface area contributed by atoms with Crippen LogP contribution in [0.25, 0.3) is 0 Å². The predicted octanol–water partition coefficient (Wildman–Crippen LogP) is 0.363. The number of carbonyl (C=O) groups excluding carboxylic acids is 2. The number of esters is 2. The van der Waals surface area contributed by atoms with E-state index in [-0.39, 0.29) is 56.4 Å². The first-order valence-corrected chi connectivity index (χ1v) is 4.30. The number of hydrogen-bond acceptors (Lipinski definition) is 4. The van der Waals surface area contributed by atoms with Crippen LogP contribution in [0.5, 0.6) is 0 Å². The van der Waals surface area contributed by atoms with Gasteiger partial charge in [0.05, 0.1) is 12.2 Å². The van der Waals surface area contributed by atoms with Gasteiger partial charge in [0.1, 0.15) is 6.42 Å². The Hall–Kier alpha value is 0.200. The zero-order valence-corrected chi connectivity index (χ0v) is 8.49. The molecule has 0 spiro atoms. The molecule has 0 saturated carbocycles. The summed E-state index contributed by atoms with van der Waals surface area (Å²) in [6, 6.07) is 0. The van der Waals surface area contributed by atoms with Gasteiger partial charge in [0, 0.05) is 0 Å². The Bertz CT molecular complexity index is 169. The van der Waals surface area contributed by atoms with Gasteiger partial charge in [-0.2, -0.15) is 0 Å². The first kappa shape index (κ1) is 16.6. The molecule has 0 fully saturated rings. The second kappa shape index (κ2) is 8.50. The molecule has 0 amide bonds. The molecule has 0 bridgehead atoms. The average molecular weight is 230 g/mol. The van der Waals surface area contributed by atoms with E-state index in [9.17, 15) is 9.59 Å². The van der Waals surface area contributed by atoms with Crippen molar-refractivity contribution in [1.82, 2.24) is 0 Å². The first-order valence-electron chi connectivity index (χ1n) is 4.30. The molecule has 5 heteroatoms. The fourth-order valence-corrected chi connectivity index (χ4v) is 0.727. The van der Waals surface area contributed by atoms with Gasteiger partial charge in [0.25, 0.3) is 0 Å². The van der Waals surface area contributed by atoms with Crippen LogP contribution in [0.2, 0.25) is 0 Å². The molecule has 0 aliphatic carbocycles. The van der Waals surface area contributed by atoms with Gasteiger partial charge >= 0.3 is 49.7 Å². The van der Waals surface area contributed by atoms with Crippen molar-refractivity contribution in [2.45, 2.75) is 46.3 Å². The van der Waals surface area contributed by atoms with Crippen molar-refractivity contribution in [3.8, 4) is 0 Å². The fraction of sp³-hybridized carbons (Fsp3) is 0.778. The van der Waals surface area contributed by atoms with E-state index in [1.165, 1.54) is 0 Å². The molecule has 80 valence electrons. The normalized spacial score (nSPS) is 9.57. The van der Waals surface area contributed by atoms with Crippen LogP contribution in [0, 0.1) is 0 Å². The summed E-state index contributed by atoms with van der Waals surface area (Å²) in [5.41, 5.74) is 0. The van der Waals surface area contributed by atoms with E-state index < -0.39 is 11.9 Å². The molecule has 0 aromatic rings. The topological polar surface area (TPSA) is 52.6 Å². The summed E-state index contributed by atoms with van der Waals surface area (Å²) in [7, 11) is 0. The van der Waals surface area contributed by atoms with E-state index in [1.54, 1.807) is 27.7 Å². The minimum absolute atomic E-state index is 0. The molecule has 0 atom stereocenters. The van der Waals surface area contributed by atoms with Crippen LogP contribution in [0.3, 0.4) is 0 Å². The number of ether oxygens (including phenoxy) is 2. The van der Waals surface area contributed by atoms with E-state index in [4.69, 9.17) is 9.47 Å². The standard InChI is InChI=1S/C9H16O4.Ca.2H/c1-6(2)12-8(10)5-9(11)13-7(3)4;;;/h6-7H,5H2,1-4H3;;;. The van der Waals surface area contributed by atoms with Crippen molar-refractivity contribution in [3.63, 3.8) is 0 Å². The van der Waals surface area contributed by atoms with Crippen molar-refractivity contribution < 1.29 is 19.1 Å². The Morgan fingerprint density at radius 2 is 1.21 bits per heavy atom. The SMILES string of the molecule is CC(C)OC(=O)CC(=O)OC(C)C.[CaH2]. The third kappa shape index (κ3) is 10.3. The van der Waals surface area contributed by atoms with E-state index >= 15 is 0 Å². The zero-order valence-electron chi connectivity index (χ0n) is 8.49. The molecule has 0 aliphatic rings. The van der Waals surface area contributed by atoms with E-state index in [1.807, 2.05) is 0 Å². The Balaban J connectivity index is 0. The van der Waals surface area contributed by atoms with Gasteiger partial charge in [-0.05, 0) is 27.7 Å². The van der Waals surface area contributed by atoms with Gasteiger partial charge < -0.3 is 9.47 Å². The van der Waals surface area contributed by atoms with Crippen LogP contribution < -0.4 is 0 Å². The zero-order chi connectivity index (χ0) is 10.4. The van der Waals surface area contributed by atoms with Crippen LogP contribution in [0.4, 0.5) is 0 Å². The molecular formula is C9H18CaO4. The summed E-state index contributed by atoms with van der Waals surface area (Å²) < 4.78 is 9.53. The molecule has 0 N–H and O–H groups in total. The second-order valence-electron chi connectivity index (χ2n) is 3.25. The summed E-state index contributed by atoms with van der Waals surface area (Å²) >= 11 is 0. The van der Waals surface area contributed by atoms with Crippen molar-refractivity contribution in [2.24, 2.45) is 0 Å². The van der Waals surface area contributed by atoms with E-state index in [0.29, 0.717) is 0 Å². The molecule has 0 unspecified atom stereocenters. The minimum atomic E-state index is -0.541. The monoisotopic (exact) mass is 230 g/mol. The number of hydrogen-bond donors (Lipinski definition) is 0. The molecule has 0 saturated heterocycles. The third-order valence-corrected chi connectivity index (χ3v) is 1.02. The van der Waals surface area contributed by atoms with Crippen molar-refractivity contribution in [3.05, 3.63) is 0 Å². The van der Waals surface area contributed by atoms with Crippen LogP contribution in [0.15, 0.2) is 0 Å². The van der Waals surface area contributed by atoms with E-state index in [0.717, 1.165) is 0 Å².